The van der Waals surface area contributed by atoms with Crippen molar-refractivity contribution in [2.45, 2.75) is 32.6 Å². The summed E-state index contributed by atoms with van der Waals surface area (Å²) in [5.41, 5.74) is 3.28. The van der Waals surface area contributed by atoms with Crippen LogP contribution < -0.4 is 5.32 Å². The van der Waals surface area contributed by atoms with Crippen molar-refractivity contribution < 1.29 is 13.8 Å². The first-order chi connectivity index (χ1) is 10.2. The minimum absolute atomic E-state index is 0.0992. The second kappa shape index (κ2) is 8.08. The van der Waals surface area contributed by atoms with E-state index in [1.165, 1.54) is 10.5 Å². The van der Waals surface area contributed by atoms with Crippen LogP contribution in [0, 0.1) is 13.8 Å². The van der Waals surface area contributed by atoms with E-state index in [1.54, 1.807) is 21.0 Å². The van der Waals surface area contributed by atoms with E-state index in [9.17, 15) is 13.8 Å². The summed E-state index contributed by atoms with van der Waals surface area (Å²) in [5.74, 6) is -0.319. The molecule has 5 nitrogen and oxygen atoms in total. The Morgan fingerprint density at radius 1 is 1.23 bits per heavy atom. The van der Waals surface area contributed by atoms with Crippen molar-refractivity contribution in [3.8, 4) is 0 Å². The van der Waals surface area contributed by atoms with Gasteiger partial charge >= 0.3 is 0 Å². The number of hydrogen-bond donors (Lipinski definition) is 1. The second-order valence-electron chi connectivity index (χ2n) is 5.67. The SMILES string of the molecule is Cc1ccc(C[S@@](=O)CC(=O)N[C@@H](C)C(=O)N(C)C)cc1C. The fourth-order valence-electron chi connectivity index (χ4n) is 2.01. The maximum absolute atomic E-state index is 12.1. The quantitative estimate of drug-likeness (QED) is 0.853. The third-order valence-corrected chi connectivity index (χ3v) is 4.62. The summed E-state index contributed by atoms with van der Waals surface area (Å²) in [7, 11) is 1.96. The lowest BCUT2D eigenvalue weighted by Crippen LogP contribution is -2.45. The van der Waals surface area contributed by atoms with Crippen LogP contribution in [0.25, 0.3) is 0 Å². The van der Waals surface area contributed by atoms with Crippen molar-refractivity contribution in [1.29, 1.82) is 0 Å². The Morgan fingerprint density at radius 2 is 1.86 bits per heavy atom. The Kier molecular flexibility index (Phi) is 6.74. The third-order valence-electron chi connectivity index (χ3n) is 3.38. The molecule has 1 aromatic carbocycles. The van der Waals surface area contributed by atoms with E-state index in [1.807, 2.05) is 32.0 Å². The van der Waals surface area contributed by atoms with E-state index >= 15 is 0 Å². The molecule has 0 aliphatic carbocycles. The zero-order chi connectivity index (χ0) is 16.9. The molecule has 0 bridgehead atoms. The van der Waals surface area contributed by atoms with Gasteiger partial charge in [-0.05, 0) is 37.5 Å². The fraction of sp³-hybridized carbons (Fsp3) is 0.500. The molecule has 2 atom stereocenters. The van der Waals surface area contributed by atoms with Gasteiger partial charge in [0.1, 0.15) is 11.8 Å². The number of carbonyl (C=O) groups excluding carboxylic acids is 2. The van der Waals surface area contributed by atoms with Crippen molar-refractivity contribution in [3.05, 3.63) is 34.9 Å². The summed E-state index contributed by atoms with van der Waals surface area (Å²) in [5, 5.41) is 2.57. The topological polar surface area (TPSA) is 66.5 Å². The van der Waals surface area contributed by atoms with Crippen LogP contribution in [0.3, 0.4) is 0 Å². The number of carbonyl (C=O) groups is 2. The maximum atomic E-state index is 12.1. The average molecular weight is 324 g/mol. The molecule has 0 radical (unpaired) electrons. The molecular weight excluding hydrogens is 300 g/mol. The van der Waals surface area contributed by atoms with Crippen molar-refractivity contribution in [2.24, 2.45) is 0 Å². The lowest BCUT2D eigenvalue weighted by Gasteiger charge is -2.17. The molecule has 1 N–H and O–H groups in total. The van der Waals surface area contributed by atoms with Gasteiger partial charge in [-0.15, -0.1) is 0 Å². The predicted octanol–water partition coefficient (Wildman–Crippen LogP) is 1.15. The van der Waals surface area contributed by atoms with Gasteiger partial charge in [0, 0.05) is 30.6 Å². The minimum Gasteiger partial charge on any atom is -0.347 e. The van der Waals surface area contributed by atoms with Crippen molar-refractivity contribution in [2.75, 3.05) is 19.8 Å². The Balaban J connectivity index is 2.52. The molecule has 22 heavy (non-hydrogen) atoms. The Labute approximate surface area is 134 Å². The molecule has 0 spiro atoms. The van der Waals surface area contributed by atoms with Gasteiger partial charge in [0.2, 0.25) is 11.8 Å². The number of amides is 2. The van der Waals surface area contributed by atoms with Crippen LogP contribution in [0.15, 0.2) is 18.2 Å². The van der Waals surface area contributed by atoms with Crippen LogP contribution >= 0.6 is 0 Å². The second-order valence-corrected chi connectivity index (χ2v) is 7.13. The van der Waals surface area contributed by atoms with E-state index < -0.39 is 16.8 Å². The molecule has 0 saturated carbocycles. The monoisotopic (exact) mass is 324 g/mol. The molecule has 0 heterocycles. The summed E-state index contributed by atoms with van der Waals surface area (Å²) >= 11 is 0. The molecule has 122 valence electrons. The Hall–Kier alpha value is -1.69. The normalized spacial score (nSPS) is 13.3. The summed E-state index contributed by atoms with van der Waals surface area (Å²) in [6.45, 7) is 5.64. The van der Waals surface area contributed by atoms with E-state index in [0.29, 0.717) is 5.75 Å². The summed E-state index contributed by atoms with van der Waals surface area (Å²) in [6.07, 6.45) is 0. The number of nitrogens with zero attached hydrogens (tertiary/aromatic N) is 1. The first-order valence-corrected chi connectivity index (χ1v) is 8.61. The van der Waals surface area contributed by atoms with E-state index in [-0.39, 0.29) is 17.6 Å². The Bertz CT molecular complexity index is 585. The van der Waals surface area contributed by atoms with E-state index in [2.05, 4.69) is 5.32 Å². The highest BCUT2D eigenvalue weighted by Crippen LogP contribution is 2.11. The van der Waals surface area contributed by atoms with Crippen LogP contribution in [0.5, 0.6) is 0 Å². The number of hydrogen-bond acceptors (Lipinski definition) is 3. The van der Waals surface area contributed by atoms with Gasteiger partial charge in [-0.1, -0.05) is 18.2 Å². The van der Waals surface area contributed by atoms with Gasteiger partial charge in [0.25, 0.3) is 0 Å². The average Bonchev–Trinajstić information content (AvgIpc) is 2.41. The molecule has 1 aromatic rings. The molecular formula is C16H24N2O3S. The zero-order valence-corrected chi connectivity index (χ0v) is 14.6. The lowest BCUT2D eigenvalue weighted by molar-refractivity contribution is -0.133. The third kappa shape index (κ3) is 5.60. The number of nitrogens with one attached hydrogen (secondary N) is 1. The lowest BCUT2D eigenvalue weighted by atomic mass is 10.1. The largest absolute Gasteiger partial charge is 0.347 e. The molecule has 0 aliphatic heterocycles. The molecule has 0 saturated heterocycles. The summed E-state index contributed by atoms with van der Waals surface area (Å²) < 4.78 is 12.1. The minimum atomic E-state index is -1.29. The molecule has 0 aromatic heterocycles. The summed E-state index contributed by atoms with van der Waals surface area (Å²) in [6, 6.07) is 5.29. The highest BCUT2D eigenvalue weighted by atomic mass is 32.2. The number of aryl methyl sites for hydroxylation is 2. The maximum Gasteiger partial charge on any atom is 0.244 e. The van der Waals surface area contributed by atoms with Crippen molar-refractivity contribution in [3.63, 3.8) is 0 Å². The standard InChI is InChI=1S/C16H24N2O3S/c1-11-6-7-14(8-12(11)2)9-22(21)10-15(19)17-13(3)16(20)18(4)5/h6-8,13H,9-10H2,1-5H3,(H,17,19)/t13-,22+/m0/s1. The molecule has 1 rings (SSSR count). The number of benzene rings is 1. The van der Waals surface area contributed by atoms with Crippen molar-refractivity contribution in [1.82, 2.24) is 10.2 Å². The van der Waals surface area contributed by atoms with Crippen molar-refractivity contribution >= 4 is 22.6 Å². The Morgan fingerprint density at radius 3 is 2.41 bits per heavy atom. The summed E-state index contributed by atoms with van der Waals surface area (Å²) in [4.78, 5) is 24.9. The molecule has 6 heteroatoms. The zero-order valence-electron chi connectivity index (χ0n) is 13.8. The van der Waals surface area contributed by atoms with Crippen LogP contribution in [0.2, 0.25) is 0 Å². The molecule has 2 amide bonds. The highest BCUT2D eigenvalue weighted by Gasteiger charge is 2.18. The number of rotatable bonds is 6. The van der Waals surface area contributed by atoms with Gasteiger partial charge in [0.15, 0.2) is 0 Å². The van der Waals surface area contributed by atoms with Gasteiger partial charge in [-0.25, -0.2) is 0 Å². The first kappa shape index (κ1) is 18.4. The van der Waals surface area contributed by atoms with Gasteiger partial charge in [-0.2, -0.15) is 0 Å². The van der Waals surface area contributed by atoms with Gasteiger partial charge in [0.05, 0.1) is 0 Å². The van der Waals surface area contributed by atoms with E-state index in [0.717, 1.165) is 11.1 Å². The van der Waals surface area contributed by atoms with Crippen LogP contribution in [-0.2, 0) is 26.1 Å². The molecule has 0 fully saturated rings. The van der Waals surface area contributed by atoms with Crippen LogP contribution in [0.1, 0.15) is 23.6 Å². The first-order valence-electron chi connectivity index (χ1n) is 7.12. The predicted molar refractivity (Wildman–Crippen MR) is 88.9 cm³/mol. The highest BCUT2D eigenvalue weighted by molar-refractivity contribution is 7.84. The van der Waals surface area contributed by atoms with Gasteiger partial charge < -0.3 is 10.2 Å². The molecule has 0 unspecified atom stereocenters. The smallest absolute Gasteiger partial charge is 0.244 e. The number of likely N-dealkylation sites (N-methyl/N-ethyl adjacent to an activating group) is 1. The van der Waals surface area contributed by atoms with Crippen LogP contribution in [0.4, 0.5) is 0 Å². The van der Waals surface area contributed by atoms with E-state index in [4.69, 9.17) is 0 Å². The van der Waals surface area contributed by atoms with Gasteiger partial charge in [-0.3, -0.25) is 13.8 Å². The molecule has 0 aliphatic rings. The van der Waals surface area contributed by atoms with Crippen LogP contribution in [-0.4, -0.2) is 46.8 Å². The fourth-order valence-corrected chi connectivity index (χ4v) is 3.04.